The van der Waals surface area contributed by atoms with Gasteiger partial charge in [-0.05, 0) is 0 Å². The second-order valence-electron chi connectivity index (χ2n) is 5.71. The Morgan fingerprint density at radius 2 is 2.09 bits per heavy atom. The summed E-state index contributed by atoms with van der Waals surface area (Å²) in [6.07, 6.45) is 1.73. The molecular weight excluding hydrogens is 296 g/mol. The van der Waals surface area contributed by atoms with Crippen molar-refractivity contribution < 1.29 is 9.47 Å². The van der Waals surface area contributed by atoms with E-state index in [1.807, 2.05) is 6.07 Å². The van der Waals surface area contributed by atoms with E-state index in [-0.39, 0.29) is 5.96 Å². The molecular formula is C15H24N6O2. The van der Waals surface area contributed by atoms with Crippen LogP contribution in [0.15, 0.2) is 12.3 Å². The number of hydrogen-bond donors (Lipinski definition) is 3. The van der Waals surface area contributed by atoms with E-state index in [0.29, 0.717) is 6.04 Å². The fourth-order valence-electron chi connectivity index (χ4n) is 2.83. The van der Waals surface area contributed by atoms with E-state index in [2.05, 4.69) is 25.4 Å². The van der Waals surface area contributed by atoms with Gasteiger partial charge in [0.1, 0.15) is 0 Å². The van der Waals surface area contributed by atoms with Gasteiger partial charge in [0.2, 0.25) is 0 Å². The molecule has 0 bridgehead atoms. The summed E-state index contributed by atoms with van der Waals surface area (Å²) in [4.78, 5) is 9.27. The predicted octanol–water partition coefficient (Wildman–Crippen LogP) is 0.177. The lowest BCUT2D eigenvalue weighted by Gasteiger charge is -2.43. The molecule has 1 aromatic rings. The number of ether oxygens (including phenoxy) is 2. The maximum absolute atomic E-state index is 7.62. The first kappa shape index (κ1) is 15.8. The highest BCUT2D eigenvalue weighted by atomic mass is 16.5. The van der Waals surface area contributed by atoms with Gasteiger partial charge in [0.25, 0.3) is 0 Å². The first-order chi connectivity index (χ1) is 11.2. The Morgan fingerprint density at radius 1 is 1.35 bits per heavy atom. The van der Waals surface area contributed by atoms with Gasteiger partial charge in [-0.15, -0.1) is 0 Å². The molecule has 23 heavy (non-hydrogen) atoms. The molecule has 126 valence electrons. The summed E-state index contributed by atoms with van der Waals surface area (Å²) in [7, 11) is 3.34. The van der Waals surface area contributed by atoms with Crippen molar-refractivity contribution in [1.29, 1.82) is 5.41 Å². The number of methoxy groups -OCH3 is 1. The third-order valence-corrected chi connectivity index (χ3v) is 4.32. The Morgan fingerprint density at radius 3 is 2.65 bits per heavy atom. The average molecular weight is 320 g/mol. The SMILES string of the molecule is CNC(=N)Nc1cnc(N2CCN(C3COC3)CC2)c(OC)c1. The molecule has 0 radical (unpaired) electrons. The van der Waals surface area contributed by atoms with Crippen LogP contribution in [-0.4, -0.2) is 75.4 Å². The number of rotatable bonds is 4. The third kappa shape index (κ3) is 3.48. The zero-order valence-electron chi connectivity index (χ0n) is 13.6. The number of guanidine groups is 1. The van der Waals surface area contributed by atoms with E-state index in [9.17, 15) is 0 Å². The van der Waals surface area contributed by atoms with Crippen LogP contribution < -0.4 is 20.3 Å². The van der Waals surface area contributed by atoms with Crippen molar-refractivity contribution in [3.05, 3.63) is 12.3 Å². The molecule has 0 amide bonds. The van der Waals surface area contributed by atoms with E-state index in [1.54, 1.807) is 20.4 Å². The summed E-state index contributed by atoms with van der Waals surface area (Å²) in [6, 6.07) is 2.46. The second kappa shape index (κ2) is 7.01. The predicted molar refractivity (Wildman–Crippen MR) is 89.6 cm³/mol. The summed E-state index contributed by atoms with van der Waals surface area (Å²) < 4.78 is 10.8. The smallest absolute Gasteiger partial charge is 0.192 e. The minimum absolute atomic E-state index is 0.220. The van der Waals surface area contributed by atoms with Gasteiger partial charge in [-0.1, -0.05) is 0 Å². The third-order valence-electron chi connectivity index (χ3n) is 4.32. The van der Waals surface area contributed by atoms with Gasteiger partial charge in [-0.25, -0.2) is 4.98 Å². The van der Waals surface area contributed by atoms with Gasteiger partial charge in [-0.2, -0.15) is 0 Å². The summed E-state index contributed by atoms with van der Waals surface area (Å²) >= 11 is 0. The van der Waals surface area contributed by atoms with Gasteiger partial charge in [0.15, 0.2) is 17.5 Å². The maximum atomic E-state index is 7.62. The highest BCUT2D eigenvalue weighted by molar-refractivity contribution is 5.91. The van der Waals surface area contributed by atoms with Crippen molar-refractivity contribution in [2.45, 2.75) is 6.04 Å². The first-order valence-electron chi connectivity index (χ1n) is 7.85. The van der Waals surface area contributed by atoms with Crippen LogP contribution >= 0.6 is 0 Å². The molecule has 0 unspecified atom stereocenters. The molecule has 3 rings (SSSR count). The lowest BCUT2D eigenvalue weighted by Crippen LogP contribution is -2.56. The Balaban J connectivity index is 1.66. The zero-order chi connectivity index (χ0) is 16.2. The topological polar surface area (TPSA) is 85.7 Å². The van der Waals surface area contributed by atoms with E-state index >= 15 is 0 Å². The molecule has 0 aromatic carbocycles. The summed E-state index contributed by atoms with van der Waals surface area (Å²) in [5, 5.41) is 13.3. The van der Waals surface area contributed by atoms with Crippen molar-refractivity contribution in [3.8, 4) is 5.75 Å². The van der Waals surface area contributed by atoms with E-state index in [4.69, 9.17) is 14.9 Å². The molecule has 3 N–H and O–H groups in total. The first-order valence-corrected chi connectivity index (χ1v) is 7.85. The molecule has 2 fully saturated rings. The molecule has 0 atom stereocenters. The molecule has 8 heteroatoms. The molecule has 0 saturated carbocycles. The molecule has 0 spiro atoms. The number of aromatic nitrogens is 1. The fourth-order valence-corrected chi connectivity index (χ4v) is 2.83. The van der Waals surface area contributed by atoms with E-state index in [0.717, 1.165) is 56.6 Å². The van der Waals surface area contributed by atoms with Gasteiger partial charge < -0.3 is 25.0 Å². The number of hydrogen-bond acceptors (Lipinski definition) is 6. The number of piperazine rings is 1. The Kier molecular flexibility index (Phi) is 4.82. The Labute approximate surface area is 136 Å². The largest absolute Gasteiger partial charge is 0.493 e. The molecule has 2 aliphatic rings. The van der Waals surface area contributed by atoms with Crippen molar-refractivity contribution in [2.75, 3.05) is 63.8 Å². The van der Waals surface area contributed by atoms with Crippen molar-refractivity contribution in [2.24, 2.45) is 0 Å². The van der Waals surface area contributed by atoms with E-state index in [1.165, 1.54) is 0 Å². The monoisotopic (exact) mass is 320 g/mol. The number of anilines is 2. The highest BCUT2D eigenvalue weighted by Gasteiger charge is 2.29. The van der Waals surface area contributed by atoms with E-state index < -0.39 is 0 Å². The van der Waals surface area contributed by atoms with Crippen LogP contribution in [0.1, 0.15) is 0 Å². The van der Waals surface area contributed by atoms with Crippen molar-refractivity contribution >= 4 is 17.5 Å². The number of nitrogens with one attached hydrogen (secondary N) is 3. The standard InChI is InChI=1S/C15H24N6O2/c1-17-15(16)19-11-7-13(22-2)14(18-8-11)21-5-3-20(4-6-21)12-9-23-10-12/h7-8,12H,3-6,9-10H2,1-2H3,(H3,16,17,19). The Bertz CT molecular complexity index is 555. The molecule has 8 nitrogen and oxygen atoms in total. The molecule has 2 saturated heterocycles. The number of nitrogens with zero attached hydrogens (tertiary/aromatic N) is 3. The summed E-state index contributed by atoms with van der Waals surface area (Å²) in [5.74, 6) is 1.80. The normalized spacial score (nSPS) is 19.1. The van der Waals surface area contributed by atoms with Crippen LogP contribution in [0.5, 0.6) is 5.75 Å². The fraction of sp³-hybridized carbons (Fsp3) is 0.600. The average Bonchev–Trinajstić information content (AvgIpc) is 2.54. The summed E-state index contributed by atoms with van der Waals surface area (Å²) in [5.41, 5.74) is 0.732. The maximum Gasteiger partial charge on any atom is 0.192 e. The minimum atomic E-state index is 0.220. The van der Waals surface area contributed by atoms with Crippen LogP contribution in [0.4, 0.5) is 11.5 Å². The summed E-state index contributed by atoms with van der Waals surface area (Å²) in [6.45, 7) is 5.61. The molecule has 1 aromatic heterocycles. The van der Waals surface area contributed by atoms with Gasteiger partial charge in [0.05, 0.1) is 38.2 Å². The molecule has 2 aliphatic heterocycles. The molecule has 3 heterocycles. The molecule has 0 aliphatic carbocycles. The van der Waals surface area contributed by atoms with Crippen LogP contribution in [-0.2, 0) is 4.74 Å². The van der Waals surface area contributed by atoms with Gasteiger partial charge in [0, 0.05) is 39.3 Å². The van der Waals surface area contributed by atoms with Crippen LogP contribution in [0.25, 0.3) is 0 Å². The van der Waals surface area contributed by atoms with Crippen LogP contribution in [0.3, 0.4) is 0 Å². The second-order valence-corrected chi connectivity index (χ2v) is 5.71. The minimum Gasteiger partial charge on any atom is -0.493 e. The van der Waals surface area contributed by atoms with Crippen molar-refractivity contribution in [3.63, 3.8) is 0 Å². The zero-order valence-corrected chi connectivity index (χ0v) is 13.6. The van der Waals surface area contributed by atoms with Crippen LogP contribution in [0, 0.1) is 5.41 Å². The van der Waals surface area contributed by atoms with Crippen LogP contribution in [0.2, 0.25) is 0 Å². The highest BCUT2D eigenvalue weighted by Crippen LogP contribution is 2.29. The lowest BCUT2D eigenvalue weighted by atomic mass is 10.2. The van der Waals surface area contributed by atoms with Crippen molar-refractivity contribution in [1.82, 2.24) is 15.2 Å². The quantitative estimate of drug-likeness (QED) is 0.539. The van der Waals surface area contributed by atoms with Gasteiger partial charge in [-0.3, -0.25) is 10.3 Å². The lowest BCUT2D eigenvalue weighted by molar-refractivity contribution is -0.0661. The number of pyridine rings is 1. The Hall–Kier alpha value is -2.06. The van der Waals surface area contributed by atoms with Gasteiger partial charge >= 0.3 is 0 Å².